The van der Waals surface area contributed by atoms with Gasteiger partial charge in [-0.1, -0.05) is 36.4 Å². The van der Waals surface area contributed by atoms with Gasteiger partial charge in [-0.2, -0.15) is 11.8 Å². The molecule has 0 bridgehead atoms. The molecule has 0 aliphatic heterocycles. The van der Waals surface area contributed by atoms with Gasteiger partial charge in [0.2, 0.25) is 0 Å². The standard InChI is InChI=1S/C16H17NO2S/c1-11-5-2-3-6-12(11)9-20-10-13-7-4-8-14(17)15(13)16(18)19/h2-8H,9-10,17H2,1H3,(H,18,19). The van der Waals surface area contributed by atoms with Gasteiger partial charge in [-0.05, 0) is 29.7 Å². The van der Waals surface area contributed by atoms with E-state index in [-0.39, 0.29) is 5.56 Å². The molecule has 0 spiro atoms. The van der Waals surface area contributed by atoms with Crippen LogP contribution in [0.15, 0.2) is 42.5 Å². The summed E-state index contributed by atoms with van der Waals surface area (Å²) in [6.45, 7) is 2.08. The van der Waals surface area contributed by atoms with Crippen molar-refractivity contribution in [3.05, 3.63) is 64.7 Å². The molecular weight excluding hydrogens is 270 g/mol. The maximum absolute atomic E-state index is 11.2. The van der Waals surface area contributed by atoms with E-state index in [9.17, 15) is 9.90 Å². The topological polar surface area (TPSA) is 63.3 Å². The number of hydrogen-bond acceptors (Lipinski definition) is 3. The number of carboxylic acids is 1. The van der Waals surface area contributed by atoms with Crippen LogP contribution in [0.4, 0.5) is 5.69 Å². The number of nitrogen functional groups attached to an aromatic ring is 1. The maximum Gasteiger partial charge on any atom is 0.338 e. The number of carbonyl (C=O) groups is 1. The monoisotopic (exact) mass is 287 g/mol. The third kappa shape index (κ3) is 3.33. The molecule has 0 radical (unpaired) electrons. The van der Waals surface area contributed by atoms with E-state index >= 15 is 0 Å². The van der Waals surface area contributed by atoms with Crippen LogP contribution in [0, 0.1) is 6.92 Å². The van der Waals surface area contributed by atoms with Crippen LogP contribution in [0.5, 0.6) is 0 Å². The molecule has 0 saturated heterocycles. The fraction of sp³-hybridized carbons (Fsp3) is 0.188. The fourth-order valence-corrected chi connectivity index (χ4v) is 3.15. The van der Waals surface area contributed by atoms with Crippen LogP contribution in [0.2, 0.25) is 0 Å². The minimum Gasteiger partial charge on any atom is -0.478 e. The smallest absolute Gasteiger partial charge is 0.338 e. The lowest BCUT2D eigenvalue weighted by atomic mass is 10.1. The van der Waals surface area contributed by atoms with E-state index in [1.54, 1.807) is 23.9 Å². The normalized spacial score (nSPS) is 10.4. The summed E-state index contributed by atoms with van der Waals surface area (Å²) in [4.78, 5) is 11.2. The SMILES string of the molecule is Cc1ccccc1CSCc1cccc(N)c1C(=O)O. The summed E-state index contributed by atoms with van der Waals surface area (Å²) in [5.74, 6) is 0.538. The maximum atomic E-state index is 11.2. The lowest BCUT2D eigenvalue weighted by molar-refractivity contribution is 0.0697. The predicted molar refractivity (Wildman–Crippen MR) is 84.0 cm³/mol. The Balaban J connectivity index is 2.07. The van der Waals surface area contributed by atoms with Crippen molar-refractivity contribution in [1.29, 1.82) is 0 Å². The van der Waals surface area contributed by atoms with Gasteiger partial charge in [0.15, 0.2) is 0 Å². The molecule has 0 aliphatic carbocycles. The van der Waals surface area contributed by atoms with Gasteiger partial charge in [-0.25, -0.2) is 4.79 Å². The molecule has 0 fully saturated rings. The number of aromatic carboxylic acids is 1. The second-order valence-corrected chi connectivity index (χ2v) is 5.59. The number of benzene rings is 2. The Labute approximate surface area is 122 Å². The molecule has 104 valence electrons. The Morgan fingerprint density at radius 3 is 2.45 bits per heavy atom. The molecule has 0 atom stereocenters. The van der Waals surface area contributed by atoms with Gasteiger partial charge >= 0.3 is 5.97 Å². The number of aryl methyl sites for hydroxylation is 1. The fourth-order valence-electron chi connectivity index (χ4n) is 2.04. The Morgan fingerprint density at radius 1 is 1.10 bits per heavy atom. The van der Waals surface area contributed by atoms with Crippen LogP contribution in [0.3, 0.4) is 0 Å². The predicted octanol–water partition coefficient (Wildman–Crippen LogP) is 3.71. The molecular formula is C16H17NO2S. The number of rotatable bonds is 5. The molecule has 0 amide bonds. The first-order chi connectivity index (χ1) is 9.59. The van der Waals surface area contributed by atoms with E-state index in [0.29, 0.717) is 11.4 Å². The largest absolute Gasteiger partial charge is 0.478 e. The molecule has 3 N–H and O–H groups in total. The molecule has 4 heteroatoms. The number of thioether (sulfide) groups is 1. The zero-order valence-electron chi connectivity index (χ0n) is 11.3. The molecule has 2 aromatic carbocycles. The summed E-state index contributed by atoms with van der Waals surface area (Å²) in [5, 5.41) is 9.22. The number of nitrogens with two attached hydrogens (primary N) is 1. The van der Waals surface area contributed by atoms with Gasteiger partial charge in [0.25, 0.3) is 0 Å². The summed E-state index contributed by atoms with van der Waals surface area (Å²) in [6.07, 6.45) is 0. The van der Waals surface area contributed by atoms with Gasteiger partial charge in [0.1, 0.15) is 0 Å². The molecule has 0 heterocycles. The van der Waals surface area contributed by atoms with E-state index in [4.69, 9.17) is 5.73 Å². The molecule has 3 nitrogen and oxygen atoms in total. The van der Waals surface area contributed by atoms with E-state index in [1.807, 2.05) is 18.2 Å². The number of anilines is 1. The lowest BCUT2D eigenvalue weighted by Gasteiger charge is -2.09. The second-order valence-electron chi connectivity index (χ2n) is 4.61. The average molecular weight is 287 g/mol. The molecule has 0 unspecified atom stereocenters. The van der Waals surface area contributed by atoms with Crippen molar-refractivity contribution in [2.45, 2.75) is 18.4 Å². The van der Waals surface area contributed by atoms with Crippen LogP contribution in [0.1, 0.15) is 27.0 Å². The number of hydrogen-bond donors (Lipinski definition) is 2. The minimum atomic E-state index is -0.963. The summed E-state index contributed by atoms with van der Waals surface area (Å²) >= 11 is 1.69. The Kier molecular flexibility index (Phi) is 4.69. The summed E-state index contributed by atoms with van der Waals surface area (Å²) in [6, 6.07) is 13.5. The highest BCUT2D eigenvalue weighted by molar-refractivity contribution is 7.97. The highest BCUT2D eigenvalue weighted by atomic mass is 32.2. The van der Waals surface area contributed by atoms with Crippen molar-refractivity contribution >= 4 is 23.4 Å². The van der Waals surface area contributed by atoms with Crippen LogP contribution < -0.4 is 5.73 Å². The van der Waals surface area contributed by atoms with E-state index in [2.05, 4.69) is 19.1 Å². The van der Waals surface area contributed by atoms with E-state index < -0.39 is 5.97 Å². The molecule has 0 saturated carbocycles. The first-order valence-corrected chi connectivity index (χ1v) is 7.48. The number of carboxylic acid groups (broad SMARTS) is 1. The van der Waals surface area contributed by atoms with E-state index in [0.717, 1.165) is 11.3 Å². The third-order valence-electron chi connectivity index (χ3n) is 3.17. The molecule has 2 aromatic rings. The van der Waals surface area contributed by atoms with Crippen LogP contribution in [0.25, 0.3) is 0 Å². The van der Waals surface area contributed by atoms with Gasteiger partial charge in [0, 0.05) is 17.2 Å². The lowest BCUT2D eigenvalue weighted by Crippen LogP contribution is -2.06. The molecule has 20 heavy (non-hydrogen) atoms. The summed E-state index contributed by atoms with van der Waals surface area (Å²) in [5.41, 5.74) is 9.60. The van der Waals surface area contributed by atoms with Crippen LogP contribution in [-0.4, -0.2) is 11.1 Å². The van der Waals surface area contributed by atoms with Gasteiger partial charge < -0.3 is 10.8 Å². The Bertz CT molecular complexity index is 626. The Hall–Kier alpha value is -1.94. The van der Waals surface area contributed by atoms with Crippen molar-refractivity contribution in [2.24, 2.45) is 0 Å². The van der Waals surface area contributed by atoms with Gasteiger partial charge in [0.05, 0.1) is 5.56 Å². The van der Waals surface area contributed by atoms with Crippen molar-refractivity contribution < 1.29 is 9.90 Å². The first-order valence-electron chi connectivity index (χ1n) is 6.32. The highest BCUT2D eigenvalue weighted by Crippen LogP contribution is 2.24. The summed E-state index contributed by atoms with van der Waals surface area (Å²) in [7, 11) is 0. The molecule has 0 aliphatic rings. The Morgan fingerprint density at radius 2 is 1.75 bits per heavy atom. The second kappa shape index (κ2) is 6.48. The molecule has 0 aromatic heterocycles. The zero-order valence-corrected chi connectivity index (χ0v) is 12.1. The van der Waals surface area contributed by atoms with Gasteiger partial charge in [-0.15, -0.1) is 0 Å². The third-order valence-corrected chi connectivity index (χ3v) is 4.20. The van der Waals surface area contributed by atoms with Crippen molar-refractivity contribution in [3.63, 3.8) is 0 Å². The van der Waals surface area contributed by atoms with Crippen molar-refractivity contribution in [3.8, 4) is 0 Å². The first kappa shape index (κ1) is 14.5. The summed E-state index contributed by atoms with van der Waals surface area (Å²) < 4.78 is 0. The van der Waals surface area contributed by atoms with Gasteiger partial charge in [-0.3, -0.25) is 0 Å². The quantitative estimate of drug-likeness (QED) is 0.823. The van der Waals surface area contributed by atoms with Crippen LogP contribution in [-0.2, 0) is 11.5 Å². The van der Waals surface area contributed by atoms with Crippen LogP contribution >= 0.6 is 11.8 Å². The zero-order chi connectivity index (χ0) is 14.5. The van der Waals surface area contributed by atoms with E-state index in [1.165, 1.54) is 11.1 Å². The van der Waals surface area contributed by atoms with Crippen molar-refractivity contribution in [2.75, 3.05) is 5.73 Å². The average Bonchev–Trinajstić information content (AvgIpc) is 2.40. The molecule has 2 rings (SSSR count). The minimum absolute atomic E-state index is 0.227. The highest BCUT2D eigenvalue weighted by Gasteiger charge is 2.13. The van der Waals surface area contributed by atoms with Crippen molar-refractivity contribution in [1.82, 2.24) is 0 Å².